The first-order chi connectivity index (χ1) is 10.9. The van der Waals surface area contributed by atoms with E-state index in [1.54, 1.807) is 30.3 Å². The lowest BCUT2D eigenvalue weighted by molar-refractivity contribution is -0.121. The maximum Gasteiger partial charge on any atom is 0.264 e. The minimum atomic E-state index is -0.386. The third kappa shape index (κ3) is 5.99. The maximum atomic E-state index is 11.8. The summed E-state index contributed by atoms with van der Waals surface area (Å²) in [6.45, 7) is -0.160. The summed E-state index contributed by atoms with van der Waals surface area (Å²) in [5.41, 5.74) is 0.512. The minimum absolute atomic E-state index is 0.110. The molecule has 120 valence electrons. The van der Waals surface area contributed by atoms with Crippen LogP contribution in [0.4, 0.5) is 5.69 Å². The normalized spacial score (nSPS) is 10.0. The number of anilines is 1. The fourth-order valence-corrected chi connectivity index (χ4v) is 2.41. The van der Waals surface area contributed by atoms with Crippen molar-refractivity contribution in [2.45, 2.75) is 0 Å². The third-order valence-corrected chi connectivity index (χ3v) is 3.91. The van der Waals surface area contributed by atoms with Crippen LogP contribution >= 0.6 is 51.3 Å². The molecule has 8 heteroatoms. The van der Waals surface area contributed by atoms with Gasteiger partial charge in [0.2, 0.25) is 0 Å². The summed E-state index contributed by atoms with van der Waals surface area (Å²) in [7, 11) is 0. The molecule has 0 aliphatic heterocycles. The van der Waals surface area contributed by atoms with Crippen LogP contribution in [0.2, 0.25) is 10.0 Å². The first-order valence-electron chi connectivity index (χ1n) is 6.38. The molecule has 1 amide bonds. The van der Waals surface area contributed by atoms with Crippen molar-refractivity contribution in [3.05, 3.63) is 57.0 Å². The molecule has 0 aromatic heterocycles. The monoisotopic (exact) mass is 432 g/mol. The number of benzene rings is 2. The number of rotatable bonds is 4. The van der Waals surface area contributed by atoms with Crippen LogP contribution in [0.3, 0.4) is 0 Å². The van der Waals surface area contributed by atoms with Crippen LogP contribution in [-0.4, -0.2) is 17.6 Å². The van der Waals surface area contributed by atoms with Gasteiger partial charge in [-0.25, -0.2) is 0 Å². The van der Waals surface area contributed by atoms with Crippen LogP contribution in [0.5, 0.6) is 5.75 Å². The van der Waals surface area contributed by atoms with Crippen molar-refractivity contribution in [2.24, 2.45) is 0 Å². The topological polar surface area (TPSA) is 50.4 Å². The van der Waals surface area contributed by atoms with Gasteiger partial charge in [-0.2, -0.15) is 0 Å². The number of hydrogen-bond donors (Lipinski definition) is 2. The Hall–Kier alpha value is -1.34. The average Bonchev–Trinajstić information content (AvgIpc) is 2.50. The van der Waals surface area contributed by atoms with Gasteiger partial charge in [-0.15, -0.1) is 0 Å². The molecule has 2 N–H and O–H groups in total. The standard InChI is InChI=1S/C15H11BrCl2N2O2S/c16-9-1-4-11(5-2-9)22-8-14(21)20-15(23)19-13-7-10(17)3-6-12(13)18/h1-7H,8H2,(H2,19,20,21,23). The van der Waals surface area contributed by atoms with E-state index >= 15 is 0 Å². The summed E-state index contributed by atoms with van der Waals surface area (Å²) in [6.07, 6.45) is 0. The number of hydrogen-bond acceptors (Lipinski definition) is 3. The molecule has 4 nitrogen and oxygen atoms in total. The molecule has 2 aromatic carbocycles. The lowest BCUT2D eigenvalue weighted by Gasteiger charge is -2.11. The van der Waals surface area contributed by atoms with Crippen molar-refractivity contribution in [2.75, 3.05) is 11.9 Å². The van der Waals surface area contributed by atoms with Gasteiger partial charge >= 0.3 is 0 Å². The summed E-state index contributed by atoms with van der Waals surface area (Å²) in [5, 5.41) is 6.37. The fraction of sp³-hybridized carbons (Fsp3) is 0.0667. The number of nitrogens with one attached hydrogen (secondary N) is 2. The number of amides is 1. The Morgan fingerprint density at radius 3 is 2.57 bits per heavy atom. The summed E-state index contributed by atoms with van der Waals surface area (Å²) in [5.74, 6) is 0.198. The quantitative estimate of drug-likeness (QED) is 0.689. The molecule has 0 heterocycles. The molecule has 2 rings (SSSR count). The minimum Gasteiger partial charge on any atom is -0.484 e. The molecule has 0 fully saturated rings. The third-order valence-electron chi connectivity index (χ3n) is 2.61. The lowest BCUT2D eigenvalue weighted by atomic mass is 10.3. The van der Waals surface area contributed by atoms with Crippen molar-refractivity contribution in [3.8, 4) is 5.75 Å². The Kier molecular flexibility index (Phi) is 6.65. The van der Waals surface area contributed by atoms with E-state index in [-0.39, 0.29) is 17.6 Å². The van der Waals surface area contributed by atoms with Gasteiger partial charge in [0.1, 0.15) is 5.75 Å². The second-order valence-electron chi connectivity index (χ2n) is 4.37. The van der Waals surface area contributed by atoms with E-state index in [1.807, 2.05) is 12.1 Å². The Morgan fingerprint density at radius 1 is 1.17 bits per heavy atom. The van der Waals surface area contributed by atoms with Gasteiger partial charge in [0.05, 0.1) is 10.7 Å². The zero-order valence-corrected chi connectivity index (χ0v) is 15.5. The zero-order valence-electron chi connectivity index (χ0n) is 11.6. The van der Waals surface area contributed by atoms with Gasteiger partial charge in [0, 0.05) is 9.50 Å². The van der Waals surface area contributed by atoms with Crippen molar-refractivity contribution in [1.29, 1.82) is 0 Å². The molecular weight excluding hydrogens is 423 g/mol. The van der Waals surface area contributed by atoms with Crippen LogP contribution in [0, 0.1) is 0 Å². The number of halogens is 3. The van der Waals surface area contributed by atoms with E-state index in [9.17, 15) is 4.79 Å². The van der Waals surface area contributed by atoms with Crippen molar-refractivity contribution in [1.82, 2.24) is 5.32 Å². The van der Waals surface area contributed by atoms with Crippen molar-refractivity contribution >= 4 is 68.1 Å². The largest absolute Gasteiger partial charge is 0.484 e. The van der Waals surface area contributed by atoms with Crippen molar-refractivity contribution < 1.29 is 9.53 Å². The highest BCUT2D eigenvalue weighted by Crippen LogP contribution is 2.25. The number of carbonyl (C=O) groups is 1. The molecule has 0 spiro atoms. The van der Waals surface area contributed by atoms with E-state index in [0.29, 0.717) is 21.5 Å². The van der Waals surface area contributed by atoms with E-state index in [4.69, 9.17) is 40.2 Å². The predicted octanol–water partition coefficient (Wildman–Crippen LogP) is 4.65. The van der Waals surface area contributed by atoms with Gasteiger partial charge in [0.25, 0.3) is 5.91 Å². The molecule has 0 saturated heterocycles. The van der Waals surface area contributed by atoms with E-state index in [2.05, 4.69) is 26.6 Å². The lowest BCUT2D eigenvalue weighted by Crippen LogP contribution is -2.37. The van der Waals surface area contributed by atoms with Gasteiger partial charge in [0.15, 0.2) is 11.7 Å². The number of thiocarbonyl (C=S) groups is 1. The molecule has 0 aliphatic carbocycles. The summed E-state index contributed by atoms with van der Waals surface area (Å²) >= 11 is 20.3. The molecule has 0 bridgehead atoms. The smallest absolute Gasteiger partial charge is 0.264 e. The van der Waals surface area contributed by atoms with Gasteiger partial charge in [-0.3, -0.25) is 10.1 Å². The Balaban J connectivity index is 1.83. The predicted molar refractivity (Wildman–Crippen MR) is 100 cm³/mol. The molecule has 23 heavy (non-hydrogen) atoms. The van der Waals surface area contributed by atoms with Crippen LogP contribution in [0.15, 0.2) is 46.9 Å². The summed E-state index contributed by atoms with van der Waals surface area (Å²) < 4.78 is 6.28. The average molecular weight is 434 g/mol. The zero-order chi connectivity index (χ0) is 16.8. The molecule has 0 radical (unpaired) electrons. The number of ether oxygens (including phenoxy) is 1. The van der Waals surface area contributed by atoms with E-state index < -0.39 is 0 Å². The van der Waals surface area contributed by atoms with Gasteiger partial charge in [-0.05, 0) is 54.7 Å². The Morgan fingerprint density at radius 2 is 1.87 bits per heavy atom. The van der Waals surface area contributed by atoms with Gasteiger partial charge in [-0.1, -0.05) is 39.1 Å². The number of carbonyl (C=O) groups excluding carboxylic acids is 1. The van der Waals surface area contributed by atoms with Crippen LogP contribution in [0.1, 0.15) is 0 Å². The highest BCUT2D eigenvalue weighted by atomic mass is 79.9. The maximum absolute atomic E-state index is 11.8. The fourth-order valence-electron chi connectivity index (χ4n) is 1.59. The van der Waals surface area contributed by atoms with Crippen LogP contribution in [0.25, 0.3) is 0 Å². The second kappa shape index (κ2) is 8.49. The van der Waals surface area contributed by atoms with Crippen LogP contribution in [-0.2, 0) is 4.79 Å². The summed E-state index contributed by atoms with van der Waals surface area (Å²) in [4.78, 5) is 11.8. The highest BCUT2D eigenvalue weighted by Gasteiger charge is 2.08. The second-order valence-corrected chi connectivity index (χ2v) is 6.54. The molecule has 2 aromatic rings. The highest BCUT2D eigenvalue weighted by molar-refractivity contribution is 9.10. The molecule has 0 aliphatic rings. The van der Waals surface area contributed by atoms with E-state index in [0.717, 1.165) is 4.47 Å². The first-order valence-corrected chi connectivity index (χ1v) is 8.34. The SMILES string of the molecule is O=C(COc1ccc(Br)cc1)NC(=S)Nc1cc(Cl)ccc1Cl. The van der Waals surface area contributed by atoms with E-state index in [1.165, 1.54) is 0 Å². The Labute approximate surface area is 157 Å². The molecule has 0 unspecified atom stereocenters. The summed E-state index contributed by atoms with van der Waals surface area (Å²) in [6, 6.07) is 12.0. The first kappa shape index (κ1) is 18.0. The molecular formula is C15H11BrCl2N2O2S. The Bertz CT molecular complexity index is 726. The van der Waals surface area contributed by atoms with Gasteiger partial charge < -0.3 is 10.1 Å². The van der Waals surface area contributed by atoms with Crippen molar-refractivity contribution in [3.63, 3.8) is 0 Å². The van der Waals surface area contributed by atoms with Crippen LogP contribution < -0.4 is 15.4 Å². The molecule has 0 atom stereocenters. The molecule has 0 saturated carbocycles.